The Balaban J connectivity index is 1.87. The number of rotatable bonds is 1. The standard InChI is InChI=1S/C13H15F3N4O/c14-13(15,16)9-7-18-8-10(19-9)20-6-3-12(11(20)21)1-4-17-5-2-12/h7-8,17H,1-6H2. The van der Waals surface area contributed by atoms with Crippen LogP contribution in [0, 0.1) is 5.41 Å². The summed E-state index contributed by atoms with van der Waals surface area (Å²) in [4.78, 5) is 21.1. The van der Waals surface area contributed by atoms with Gasteiger partial charge in [-0.2, -0.15) is 13.2 Å². The number of aromatic nitrogens is 2. The molecule has 0 radical (unpaired) electrons. The second-order valence-electron chi connectivity index (χ2n) is 5.50. The lowest BCUT2D eigenvalue weighted by Gasteiger charge is -2.31. The molecular weight excluding hydrogens is 285 g/mol. The van der Waals surface area contributed by atoms with Gasteiger partial charge in [0.1, 0.15) is 0 Å². The summed E-state index contributed by atoms with van der Waals surface area (Å²) in [5, 5.41) is 3.19. The van der Waals surface area contributed by atoms with Crippen molar-refractivity contribution >= 4 is 11.7 Å². The van der Waals surface area contributed by atoms with Crippen molar-refractivity contribution in [3.05, 3.63) is 18.1 Å². The molecule has 2 aliphatic heterocycles. The van der Waals surface area contributed by atoms with Crippen molar-refractivity contribution in [2.75, 3.05) is 24.5 Å². The molecule has 1 amide bonds. The molecule has 114 valence electrons. The average Bonchev–Trinajstić information content (AvgIpc) is 2.76. The first kappa shape index (κ1) is 14.2. The third-order valence-corrected chi connectivity index (χ3v) is 4.26. The van der Waals surface area contributed by atoms with Gasteiger partial charge in [0.2, 0.25) is 5.91 Å². The van der Waals surface area contributed by atoms with Crippen LogP contribution in [0.25, 0.3) is 0 Å². The van der Waals surface area contributed by atoms with Gasteiger partial charge in [0.15, 0.2) is 11.5 Å². The highest BCUT2D eigenvalue weighted by Crippen LogP contribution is 2.41. The minimum atomic E-state index is -4.56. The van der Waals surface area contributed by atoms with Crippen molar-refractivity contribution in [3.8, 4) is 0 Å². The number of alkyl halides is 3. The molecule has 0 unspecified atom stereocenters. The van der Waals surface area contributed by atoms with Gasteiger partial charge in [-0.15, -0.1) is 0 Å². The highest BCUT2D eigenvalue weighted by Gasteiger charge is 2.48. The number of hydrogen-bond donors (Lipinski definition) is 1. The second-order valence-corrected chi connectivity index (χ2v) is 5.50. The van der Waals surface area contributed by atoms with Gasteiger partial charge in [0.05, 0.1) is 17.8 Å². The summed E-state index contributed by atoms with van der Waals surface area (Å²) in [6.45, 7) is 1.91. The molecule has 0 atom stereocenters. The lowest BCUT2D eigenvalue weighted by atomic mass is 9.78. The van der Waals surface area contributed by atoms with Gasteiger partial charge < -0.3 is 5.32 Å². The number of carbonyl (C=O) groups is 1. The Labute approximate surface area is 119 Å². The Kier molecular flexibility index (Phi) is 3.35. The molecule has 8 heteroatoms. The van der Waals surface area contributed by atoms with Crippen LogP contribution in [0.1, 0.15) is 25.0 Å². The molecule has 5 nitrogen and oxygen atoms in total. The smallest absolute Gasteiger partial charge is 0.317 e. The Morgan fingerprint density at radius 3 is 2.57 bits per heavy atom. The number of hydrogen-bond acceptors (Lipinski definition) is 4. The molecule has 2 saturated heterocycles. The van der Waals surface area contributed by atoms with E-state index in [1.165, 1.54) is 11.1 Å². The van der Waals surface area contributed by atoms with Crippen LogP contribution in [0.5, 0.6) is 0 Å². The monoisotopic (exact) mass is 300 g/mol. The van der Waals surface area contributed by atoms with Gasteiger partial charge in [-0.1, -0.05) is 0 Å². The molecule has 0 aromatic carbocycles. The lowest BCUT2D eigenvalue weighted by molar-refractivity contribution is -0.141. The van der Waals surface area contributed by atoms with Gasteiger partial charge in [-0.3, -0.25) is 14.7 Å². The topological polar surface area (TPSA) is 58.1 Å². The second kappa shape index (κ2) is 4.94. The van der Waals surface area contributed by atoms with Crippen molar-refractivity contribution in [3.63, 3.8) is 0 Å². The zero-order valence-corrected chi connectivity index (χ0v) is 11.3. The van der Waals surface area contributed by atoms with Crippen LogP contribution in [0.4, 0.5) is 19.0 Å². The van der Waals surface area contributed by atoms with Crippen molar-refractivity contribution < 1.29 is 18.0 Å². The Morgan fingerprint density at radius 1 is 1.19 bits per heavy atom. The summed E-state index contributed by atoms with van der Waals surface area (Å²) < 4.78 is 38.1. The quantitative estimate of drug-likeness (QED) is 0.856. The zero-order valence-electron chi connectivity index (χ0n) is 11.3. The van der Waals surface area contributed by atoms with Gasteiger partial charge in [0, 0.05) is 6.54 Å². The van der Waals surface area contributed by atoms with Gasteiger partial charge in [-0.05, 0) is 32.4 Å². The zero-order chi connectivity index (χ0) is 15.1. The fraction of sp³-hybridized carbons (Fsp3) is 0.615. The van der Waals surface area contributed by atoms with Crippen LogP contribution in [0.15, 0.2) is 12.4 Å². The lowest BCUT2D eigenvalue weighted by Crippen LogP contribution is -2.43. The summed E-state index contributed by atoms with van der Waals surface area (Å²) in [6.07, 6.45) is -0.579. The Bertz CT molecular complexity index is 555. The van der Waals surface area contributed by atoms with Crippen LogP contribution < -0.4 is 10.2 Å². The van der Waals surface area contributed by atoms with Crippen LogP contribution in [-0.2, 0) is 11.0 Å². The van der Waals surface area contributed by atoms with Crippen LogP contribution in [-0.4, -0.2) is 35.5 Å². The van der Waals surface area contributed by atoms with Crippen LogP contribution >= 0.6 is 0 Å². The fourth-order valence-corrected chi connectivity index (χ4v) is 3.03. The SMILES string of the molecule is O=C1N(c2cncc(C(F)(F)F)n2)CCC12CCNCC2. The number of nitrogens with one attached hydrogen (secondary N) is 1. The number of halogens is 3. The molecule has 2 fully saturated rings. The van der Waals surface area contributed by atoms with E-state index in [1.54, 1.807) is 0 Å². The van der Waals surface area contributed by atoms with Gasteiger partial charge in [0.25, 0.3) is 0 Å². The first-order chi connectivity index (χ1) is 9.92. The van der Waals surface area contributed by atoms with E-state index in [9.17, 15) is 18.0 Å². The van der Waals surface area contributed by atoms with E-state index < -0.39 is 17.3 Å². The molecular formula is C13H15F3N4O. The normalized spacial score (nSPS) is 22.0. The number of nitrogens with zero attached hydrogens (tertiary/aromatic N) is 3. The summed E-state index contributed by atoms with van der Waals surface area (Å²) >= 11 is 0. The third kappa shape index (κ3) is 2.48. The maximum absolute atomic E-state index is 12.7. The maximum atomic E-state index is 12.7. The number of amides is 1. The summed E-state index contributed by atoms with van der Waals surface area (Å²) in [5.41, 5.74) is -1.51. The molecule has 1 aromatic rings. The molecule has 0 bridgehead atoms. The third-order valence-electron chi connectivity index (χ3n) is 4.26. The number of anilines is 1. The van der Waals surface area contributed by atoms with Gasteiger partial charge in [-0.25, -0.2) is 4.98 Å². The number of carbonyl (C=O) groups excluding carboxylic acids is 1. The molecule has 3 rings (SSSR count). The molecule has 3 heterocycles. The Hall–Kier alpha value is -1.70. The van der Waals surface area contributed by atoms with Crippen molar-refractivity contribution in [2.45, 2.75) is 25.4 Å². The average molecular weight is 300 g/mol. The molecule has 1 spiro atoms. The molecule has 0 aliphatic carbocycles. The van der Waals surface area contributed by atoms with Crippen molar-refractivity contribution in [1.82, 2.24) is 15.3 Å². The minimum Gasteiger partial charge on any atom is -0.317 e. The van der Waals surface area contributed by atoms with E-state index in [2.05, 4.69) is 15.3 Å². The molecule has 2 aliphatic rings. The van der Waals surface area contributed by atoms with Crippen molar-refractivity contribution in [2.24, 2.45) is 5.41 Å². The highest BCUT2D eigenvalue weighted by atomic mass is 19.4. The summed E-state index contributed by atoms with van der Waals surface area (Å²) in [6, 6.07) is 0. The summed E-state index contributed by atoms with van der Waals surface area (Å²) in [7, 11) is 0. The maximum Gasteiger partial charge on any atom is 0.434 e. The largest absolute Gasteiger partial charge is 0.434 e. The summed E-state index contributed by atoms with van der Waals surface area (Å²) in [5.74, 6) is -0.136. The Morgan fingerprint density at radius 2 is 1.90 bits per heavy atom. The van der Waals surface area contributed by atoms with E-state index in [0.717, 1.165) is 13.1 Å². The predicted octanol–water partition coefficient (Wildman–Crippen LogP) is 1.60. The first-order valence-electron chi connectivity index (χ1n) is 6.84. The van der Waals surface area contributed by atoms with Gasteiger partial charge >= 0.3 is 6.18 Å². The van der Waals surface area contributed by atoms with E-state index in [4.69, 9.17) is 0 Å². The van der Waals surface area contributed by atoms with Crippen LogP contribution in [0.3, 0.4) is 0 Å². The van der Waals surface area contributed by atoms with E-state index >= 15 is 0 Å². The highest BCUT2D eigenvalue weighted by molar-refractivity contribution is 5.99. The van der Waals surface area contributed by atoms with Crippen LogP contribution in [0.2, 0.25) is 0 Å². The molecule has 21 heavy (non-hydrogen) atoms. The minimum absolute atomic E-state index is 0.00904. The van der Waals surface area contributed by atoms with E-state index in [1.807, 2.05) is 0 Å². The van der Waals surface area contributed by atoms with E-state index in [0.29, 0.717) is 32.0 Å². The predicted molar refractivity (Wildman–Crippen MR) is 68.5 cm³/mol. The first-order valence-corrected chi connectivity index (χ1v) is 6.84. The van der Waals surface area contributed by atoms with E-state index in [-0.39, 0.29) is 11.7 Å². The fourth-order valence-electron chi connectivity index (χ4n) is 3.03. The molecule has 0 saturated carbocycles. The molecule has 1 aromatic heterocycles. The number of piperidine rings is 1. The van der Waals surface area contributed by atoms with Crippen molar-refractivity contribution in [1.29, 1.82) is 0 Å². The molecule has 1 N–H and O–H groups in total.